The number of nitriles is 1. The van der Waals surface area contributed by atoms with Gasteiger partial charge in [-0.2, -0.15) is 5.26 Å². The molecule has 2 aliphatic heterocycles. The Bertz CT molecular complexity index is 1280. The van der Waals surface area contributed by atoms with Crippen molar-refractivity contribution < 1.29 is 17.8 Å². The van der Waals surface area contributed by atoms with Crippen molar-refractivity contribution in [2.45, 2.75) is 18.4 Å². The summed E-state index contributed by atoms with van der Waals surface area (Å²) in [7, 11) is -3.12. The lowest BCUT2D eigenvalue weighted by Crippen LogP contribution is -2.54. The van der Waals surface area contributed by atoms with Gasteiger partial charge in [-0.1, -0.05) is 0 Å². The number of alkyl halides is 1. The number of amides is 1. The van der Waals surface area contributed by atoms with E-state index in [1.165, 1.54) is 34.8 Å². The molecule has 0 fully saturated rings. The number of hydrogen-bond acceptors (Lipinski definition) is 7. The third kappa shape index (κ3) is 4.23. The molecule has 0 saturated carbocycles. The standard InChI is InChI=1S/C21H21F2N7O2S/c22-12-21(13-33(32)27-7-1-2-8-30(33)20(25)29-21)16-9-15(4-5-17(16)23)28-19(31)18-6-3-14(10-24)11-26-18/h3-6,9,11H,1-2,7-8,12-13H2,(H2,25,29)(H,28,31)/t21-,33+/m0/s1. The number of guanidine groups is 1. The Kier molecular flexibility index (Phi) is 5.99. The zero-order valence-electron chi connectivity index (χ0n) is 17.5. The van der Waals surface area contributed by atoms with Crippen LogP contribution < -0.4 is 11.1 Å². The van der Waals surface area contributed by atoms with E-state index < -0.39 is 33.9 Å². The molecule has 172 valence electrons. The fourth-order valence-corrected chi connectivity index (χ4v) is 6.28. The second-order valence-electron chi connectivity index (χ2n) is 7.74. The van der Waals surface area contributed by atoms with Gasteiger partial charge in [0, 0.05) is 24.0 Å². The van der Waals surface area contributed by atoms with Crippen LogP contribution in [0.4, 0.5) is 14.5 Å². The molecular weight excluding hydrogens is 452 g/mol. The number of pyridine rings is 1. The summed E-state index contributed by atoms with van der Waals surface area (Å²) >= 11 is 0. The summed E-state index contributed by atoms with van der Waals surface area (Å²) in [4.78, 5) is 20.7. The number of nitrogens with two attached hydrogens (primary N) is 1. The molecule has 0 radical (unpaired) electrons. The van der Waals surface area contributed by atoms with Gasteiger partial charge in [-0.3, -0.25) is 9.10 Å². The normalized spacial score (nSPS) is 24.5. The molecule has 4 rings (SSSR count). The summed E-state index contributed by atoms with van der Waals surface area (Å²) in [6.45, 7) is -0.448. The molecule has 0 saturated heterocycles. The van der Waals surface area contributed by atoms with Crippen molar-refractivity contribution in [1.82, 2.24) is 9.29 Å². The van der Waals surface area contributed by atoms with Crippen LogP contribution in [0, 0.1) is 17.1 Å². The van der Waals surface area contributed by atoms with Crippen LogP contribution in [-0.4, -0.2) is 50.9 Å². The molecule has 1 aromatic carbocycles. The van der Waals surface area contributed by atoms with Crippen LogP contribution in [0.2, 0.25) is 0 Å². The van der Waals surface area contributed by atoms with Gasteiger partial charge in [0.1, 0.15) is 39.7 Å². The summed E-state index contributed by atoms with van der Waals surface area (Å²) in [5, 5.41) is 11.4. The van der Waals surface area contributed by atoms with E-state index in [1.807, 2.05) is 6.07 Å². The fraction of sp³-hybridized carbons (Fsp3) is 0.333. The van der Waals surface area contributed by atoms with Gasteiger partial charge in [-0.05, 0) is 43.2 Å². The maximum Gasteiger partial charge on any atom is 0.274 e. The molecule has 33 heavy (non-hydrogen) atoms. The first-order chi connectivity index (χ1) is 15.8. The molecule has 2 atom stereocenters. The number of aliphatic imine (C=N–C) groups is 1. The number of aromatic nitrogens is 1. The van der Waals surface area contributed by atoms with Crippen LogP contribution in [0.25, 0.3) is 0 Å². The van der Waals surface area contributed by atoms with Crippen molar-refractivity contribution in [1.29, 1.82) is 5.26 Å². The molecule has 0 aliphatic carbocycles. The second-order valence-corrected chi connectivity index (χ2v) is 9.94. The molecule has 0 spiro atoms. The molecular formula is C21H21F2N7O2S. The highest BCUT2D eigenvalue weighted by Gasteiger charge is 2.45. The lowest BCUT2D eigenvalue weighted by molar-refractivity contribution is 0.102. The molecule has 9 nitrogen and oxygen atoms in total. The van der Waals surface area contributed by atoms with Gasteiger partial charge in [0.25, 0.3) is 5.91 Å². The monoisotopic (exact) mass is 473 g/mol. The summed E-state index contributed by atoms with van der Waals surface area (Å²) < 4.78 is 48.6. The maximum atomic E-state index is 14.9. The van der Waals surface area contributed by atoms with Gasteiger partial charge in [0.15, 0.2) is 0 Å². The average molecular weight is 474 g/mol. The number of fused-ring (bicyclic) bond motifs is 1. The van der Waals surface area contributed by atoms with Crippen LogP contribution in [0.15, 0.2) is 45.9 Å². The van der Waals surface area contributed by atoms with Crippen LogP contribution in [0.5, 0.6) is 0 Å². The zero-order valence-corrected chi connectivity index (χ0v) is 18.3. The number of anilines is 1. The van der Waals surface area contributed by atoms with Crippen LogP contribution in [0.3, 0.4) is 0 Å². The highest BCUT2D eigenvalue weighted by molar-refractivity contribution is 7.92. The largest absolute Gasteiger partial charge is 0.369 e. The van der Waals surface area contributed by atoms with E-state index in [9.17, 15) is 17.8 Å². The number of hydrogen-bond donors (Lipinski definition) is 2. The van der Waals surface area contributed by atoms with Gasteiger partial charge >= 0.3 is 0 Å². The maximum absolute atomic E-state index is 14.9. The predicted octanol–water partition coefficient (Wildman–Crippen LogP) is 2.32. The minimum absolute atomic E-state index is 0.0378. The highest BCUT2D eigenvalue weighted by Crippen LogP contribution is 2.37. The van der Waals surface area contributed by atoms with Crippen molar-refractivity contribution in [3.63, 3.8) is 0 Å². The topological polar surface area (TPSA) is 137 Å². The van der Waals surface area contributed by atoms with Gasteiger partial charge in [0.2, 0.25) is 5.96 Å². The average Bonchev–Trinajstić information content (AvgIpc) is 3.01. The van der Waals surface area contributed by atoms with Crippen LogP contribution in [0.1, 0.15) is 34.5 Å². The van der Waals surface area contributed by atoms with Gasteiger partial charge in [-0.15, -0.1) is 0 Å². The predicted molar refractivity (Wildman–Crippen MR) is 119 cm³/mol. The third-order valence-electron chi connectivity index (χ3n) is 5.49. The molecule has 2 aromatic rings. The molecule has 3 N–H and O–H groups in total. The number of benzene rings is 1. The summed E-state index contributed by atoms with van der Waals surface area (Å²) in [5.74, 6) is -1.88. The smallest absolute Gasteiger partial charge is 0.274 e. The number of halogens is 2. The number of nitrogens with one attached hydrogen (secondary N) is 1. The Hall–Kier alpha value is -3.59. The molecule has 2 aliphatic rings. The molecule has 0 bridgehead atoms. The quantitative estimate of drug-likeness (QED) is 0.702. The van der Waals surface area contributed by atoms with Gasteiger partial charge in [-0.25, -0.2) is 27.3 Å². The van der Waals surface area contributed by atoms with E-state index in [1.54, 1.807) is 0 Å². The highest BCUT2D eigenvalue weighted by atomic mass is 32.2. The summed E-state index contributed by atoms with van der Waals surface area (Å²) in [6.07, 6.45) is 2.67. The van der Waals surface area contributed by atoms with Crippen LogP contribution >= 0.6 is 0 Å². The van der Waals surface area contributed by atoms with Crippen molar-refractivity contribution in [3.05, 3.63) is 59.2 Å². The Labute approximate surface area is 189 Å². The Morgan fingerprint density at radius 2 is 2.15 bits per heavy atom. The minimum Gasteiger partial charge on any atom is -0.369 e. The number of carbonyl (C=O) groups is 1. The van der Waals surface area contributed by atoms with E-state index in [0.717, 1.165) is 6.07 Å². The molecule has 3 heterocycles. The van der Waals surface area contributed by atoms with E-state index in [0.29, 0.717) is 31.5 Å². The summed E-state index contributed by atoms with van der Waals surface area (Å²) in [6, 6.07) is 8.35. The molecule has 0 unspecified atom stereocenters. The SMILES string of the molecule is N#Cc1ccc(C(=O)Nc2ccc(F)c([C@]3(CF)C[S@@]4(=O)=NCCCCN4C(N)=N3)c2)nc1. The Balaban J connectivity index is 1.71. The number of nitrogens with zero attached hydrogens (tertiary/aromatic N) is 5. The van der Waals surface area contributed by atoms with Gasteiger partial charge in [0.05, 0.1) is 17.9 Å². The van der Waals surface area contributed by atoms with E-state index >= 15 is 0 Å². The van der Waals surface area contributed by atoms with Crippen molar-refractivity contribution >= 4 is 27.5 Å². The zero-order chi connectivity index (χ0) is 23.6. The summed E-state index contributed by atoms with van der Waals surface area (Å²) in [5.41, 5.74) is 4.52. The van der Waals surface area contributed by atoms with E-state index in [4.69, 9.17) is 11.0 Å². The number of rotatable bonds is 4. The van der Waals surface area contributed by atoms with Crippen LogP contribution in [-0.2, 0) is 15.5 Å². The Morgan fingerprint density at radius 1 is 1.33 bits per heavy atom. The first-order valence-electron chi connectivity index (χ1n) is 10.2. The minimum atomic E-state index is -3.12. The first-order valence-corrected chi connectivity index (χ1v) is 11.8. The van der Waals surface area contributed by atoms with Gasteiger partial charge < -0.3 is 11.1 Å². The fourth-order valence-electron chi connectivity index (χ4n) is 3.82. The molecule has 1 amide bonds. The second kappa shape index (κ2) is 8.74. The van der Waals surface area contributed by atoms with E-state index in [-0.39, 0.29) is 28.7 Å². The third-order valence-corrected chi connectivity index (χ3v) is 7.99. The lowest BCUT2D eigenvalue weighted by Gasteiger charge is -2.39. The number of carbonyl (C=O) groups excluding carboxylic acids is 1. The van der Waals surface area contributed by atoms with E-state index in [2.05, 4.69) is 19.7 Å². The molecule has 12 heteroatoms. The first kappa shape index (κ1) is 22.6. The van der Waals surface area contributed by atoms with Crippen molar-refractivity contribution in [2.24, 2.45) is 15.1 Å². The molecule has 1 aromatic heterocycles. The lowest BCUT2D eigenvalue weighted by atomic mass is 9.92. The Morgan fingerprint density at radius 3 is 2.85 bits per heavy atom. The van der Waals surface area contributed by atoms with Crippen molar-refractivity contribution in [2.75, 3.05) is 30.8 Å². The van der Waals surface area contributed by atoms with Crippen molar-refractivity contribution in [3.8, 4) is 6.07 Å².